The number of nitrogens with zero attached hydrogens (tertiary/aromatic N) is 3. The van der Waals surface area contributed by atoms with Gasteiger partial charge in [-0.3, -0.25) is 4.79 Å². The van der Waals surface area contributed by atoms with Crippen molar-refractivity contribution in [2.75, 3.05) is 31.6 Å². The molecule has 0 saturated carbocycles. The zero-order valence-corrected chi connectivity index (χ0v) is 22.3. The molecule has 6 rings (SSSR count). The van der Waals surface area contributed by atoms with Crippen LogP contribution in [-0.4, -0.2) is 59.8 Å². The van der Waals surface area contributed by atoms with Crippen molar-refractivity contribution >= 4 is 33.4 Å². The highest BCUT2D eigenvalue weighted by Gasteiger charge is 2.34. The Morgan fingerprint density at radius 2 is 1.85 bits per heavy atom. The summed E-state index contributed by atoms with van der Waals surface area (Å²) in [5, 5.41) is 18.9. The largest absolute Gasteiger partial charge is 0.508 e. The summed E-state index contributed by atoms with van der Waals surface area (Å²) >= 11 is 0. The molecule has 4 aromatic rings. The summed E-state index contributed by atoms with van der Waals surface area (Å²) in [5.74, 6) is -0.00692. The second-order valence-electron chi connectivity index (χ2n) is 11.2. The van der Waals surface area contributed by atoms with Crippen LogP contribution in [0, 0.1) is 11.2 Å². The van der Waals surface area contributed by atoms with Crippen LogP contribution < -0.4 is 20.3 Å². The van der Waals surface area contributed by atoms with Gasteiger partial charge in [0, 0.05) is 43.2 Å². The minimum absolute atomic E-state index is 0.0252. The predicted molar refractivity (Wildman–Crippen MR) is 150 cm³/mol. The smallest absolute Gasteiger partial charge is 0.319 e. The van der Waals surface area contributed by atoms with Crippen LogP contribution in [0.15, 0.2) is 48.5 Å². The lowest BCUT2D eigenvalue weighted by molar-refractivity contribution is -0.130. The van der Waals surface area contributed by atoms with Crippen LogP contribution in [0.3, 0.4) is 0 Å². The molecule has 2 aliphatic heterocycles. The van der Waals surface area contributed by atoms with E-state index >= 15 is 4.39 Å². The number of amides is 1. The number of aromatic hydroxyl groups is 1. The summed E-state index contributed by atoms with van der Waals surface area (Å²) in [6.07, 6.45) is 2.19. The quantitative estimate of drug-likeness (QED) is 0.341. The molecule has 2 fully saturated rings. The SMILES string of the molecule is CNC(=O)C(C)(C)COc1nc(N2CC3CCC(C2)N3)c2ccc(-c3cc(O)cc4ccccc34)c(F)c2n1. The topological polar surface area (TPSA) is 99.6 Å². The molecule has 0 radical (unpaired) electrons. The van der Waals surface area contributed by atoms with E-state index in [4.69, 9.17) is 9.72 Å². The van der Waals surface area contributed by atoms with Gasteiger partial charge in [-0.2, -0.15) is 9.97 Å². The number of hydrogen-bond donors (Lipinski definition) is 3. The van der Waals surface area contributed by atoms with Gasteiger partial charge in [-0.1, -0.05) is 30.3 Å². The number of carbonyl (C=O) groups is 1. The normalized spacial score (nSPS) is 19.0. The van der Waals surface area contributed by atoms with Gasteiger partial charge < -0.3 is 25.4 Å². The number of rotatable bonds is 6. The molecular formula is C30H32FN5O3. The zero-order valence-electron chi connectivity index (χ0n) is 22.3. The zero-order chi connectivity index (χ0) is 27.3. The van der Waals surface area contributed by atoms with E-state index in [1.165, 1.54) is 0 Å². The van der Waals surface area contributed by atoms with E-state index in [0.717, 1.165) is 36.7 Å². The van der Waals surface area contributed by atoms with Crippen molar-refractivity contribution in [2.24, 2.45) is 5.41 Å². The van der Waals surface area contributed by atoms with Crippen LogP contribution in [0.5, 0.6) is 11.8 Å². The summed E-state index contributed by atoms with van der Waals surface area (Å²) in [6, 6.07) is 15.1. The van der Waals surface area contributed by atoms with Gasteiger partial charge in [-0.05, 0) is 61.2 Å². The Labute approximate surface area is 226 Å². The second kappa shape index (κ2) is 9.64. The van der Waals surface area contributed by atoms with Crippen molar-refractivity contribution in [1.29, 1.82) is 0 Å². The Balaban J connectivity index is 1.49. The molecule has 3 heterocycles. The van der Waals surface area contributed by atoms with Crippen LogP contribution in [0.1, 0.15) is 26.7 Å². The lowest BCUT2D eigenvalue weighted by Crippen LogP contribution is -2.51. The third-order valence-corrected chi connectivity index (χ3v) is 7.82. The van der Waals surface area contributed by atoms with E-state index in [2.05, 4.69) is 20.5 Å². The van der Waals surface area contributed by atoms with Crippen LogP contribution in [0.2, 0.25) is 0 Å². The minimum Gasteiger partial charge on any atom is -0.508 e. The monoisotopic (exact) mass is 529 g/mol. The molecule has 39 heavy (non-hydrogen) atoms. The van der Waals surface area contributed by atoms with E-state index < -0.39 is 11.2 Å². The molecule has 0 spiro atoms. The first-order valence-corrected chi connectivity index (χ1v) is 13.3. The van der Waals surface area contributed by atoms with Crippen molar-refractivity contribution < 1.29 is 19.0 Å². The number of anilines is 1. The predicted octanol–water partition coefficient (Wildman–Crippen LogP) is 4.39. The lowest BCUT2D eigenvalue weighted by atomic mass is 9.94. The summed E-state index contributed by atoms with van der Waals surface area (Å²) in [6.45, 7) is 5.09. The van der Waals surface area contributed by atoms with E-state index in [0.29, 0.717) is 34.4 Å². The van der Waals surface area contributed by atoms with Crippen LogP contribution >= 0.6 is 0 Å². The first kappa shape index (κ1) is 25.3. The maximum atomic E-state index is 16.4. The number of phenolic OH excluding ortho intramolecular Hbond substituents is 1. The molecule has 0 aliphatic carbocycles. The third kappa shape index (κ3) is 4.61. The highest BCUT2D eigenvalue weighted by atomic mass is 19.1. The summed E-state index contributed by atoms with van der Waals surface area (Å²) < 4.78 is 22.4. The molecule has 2 saturated heterocycles. The Kier molecular flexibility index (Phi) is 6.26. The van der Waals surface area contributed by atoms with E-state index in [1.807, 2.05) is 30.3 Å². The molecule has 9 heteroatoms. The van der Waals surface area contributed by atoms with Crippen molar-refractivity contribution in [3.8, 4) is 22.9 Å². The standard InChI is InChI=1S/C30H32FN5O3/c1-30(2,28(38)32-3)16-39-29-34-26-23(27(35-29)36-14-18-8-9-19(15-36)33-18)11-10-22(25(26)31)24-13-20(37)12-17-6-4-5-7-21(17)24/h4-7,10-13,18-19,33,37H,8-9,14-16H2,1-3H3,(H,32,38). The number of fused-ring (bicyclic) bond motifs is 4. The number of benzene rings is 3. The van der Waals surface area contributed by atoms with Gasteiger partial charge in [0.05, 0.1) is 5.41 Å². The third-order valence-electron chi connectivity index (χ3n) is 7.82. The lowest BCUT2D eigenvalue weighted by Gasteiger charge is -2.34. The number of ether oxygens (including phenoxy) is 1. The van der Waals surface area contributed by atoms with Gasteiger partial charge in [-0.15, -0.1) is 0 Å². The average Bonchev–Trinajstić information content (AvgIpc) is 3.28. The summed E-state index contributed by atoms with van der Waals surface area (Å²) in [4.78, 5) is 23.8. The Hall–Kier alpha value is -3.98. The average molecular weight is 530 g/mol. The molecular weight excluding hydrogens is 497 g/mol. The van der Waals surface area contributed by atoms with Crippen molar-refractivity contribution in [3.05, 3.63) is 54.3 Å². The van der Waals surface area contributed by atoms with E-state index in [9.17, 15) is 9.90 Å². The number of nitrogens with one attached hydrogen (secondary N) is 2. The van der Waals surface area contributed by atoms with Crippen molar-refractivity contribution in [1.82, 2.24) is 20.6 Å². The van der Waals surface area contributed by atoms with Crippen LogP contribution in [0.25, 0.3) is 32.8 Å². The Bertz CT molecular complexity index is 1580. The fraction of sp³-hybridized carbons (Fsp3) is 0.367. The van der Waals surface area contributed by atoms with Gasteiger partial charge in [0.1, 0.15) is 23.7 Å². The highest BCUT2D eigenvalue weighted by molar-refractivity contribution is 6.01. The molecule has 3 N–H and O–H groups in total. The number of halogens is 1. The van der Waals surface area contributed by atoms with Gasteiger partial charge in [0.2, 0.25) is 5.91 Å². The first-order valence-electron chi connectivity index (χ1n) is 13.3. The maximum Gasteiger partial charge on any atom is 0.319 e. The minimum atomic E-state index is -0.831. The molecule has 1 amide bonds. The number of piperazine rings is 1. The highest BCUT2D eigenvalue weighted by Crippen LogP contribution is 2.39. The van der Waals surface area contributed by atoms with Gasteiger partial charge in [0.15, 0.2) is 5.82 Å². The van der Waals surface area contributed by atoms with Gasteiger partial charge >= 0.3 is 6.01 Å². The summed E-state index contributed by atoms with van der Waals surface area (Å²) in [5.41, 5.74) is 0.218. The number of aromatic nitrogens is 2. The molecule has 3 aromatic carbocycles. The maximum absolute atomic E-state index is 16.4. The van der Waals surface area contributed by atoms with E-state index in [1.54, 1.807) is 39.1 Å². The second-order valence-corrected chi connectivity index (χ2v) is 11.2. The number of hydrogen-bond acceptors (Lipinski definition) is 7. The molecule has 202 valence electrons. The van der Waals surface area contributed by atoms with Crippen molar-refractivity contribution in [3.63, 3.8) is 0 Å². The first-order chi connectivity index (χ1) is 18.7. The Morgan fingerprint density at radius 3 is 2.59 bits per heavy atom. The molecule has 1 aromatic heterocycles. The summed E-state index contributed by atoms with van der Waals surface area (Å²) in [7, 11) is 1.58. The molecule has 2 aliphatic rings. The molecule has 2 unspecified atom stereocenters. The van der Waals surface area contributed by atoms with Gasteiger partial charge in [-0.25, -0.2) is 4.39 Å². The van der Waals surface area contributed by atoms with Crippen LogP contribution in [-0.2, 0) is 4.79 Å². The van der Waals surface area contributed by atoms with Crippen molar-refractivity contribution in [2.45, 2.75) is 38.8 Å². The number of carbonyl (C=O) groups excluding carboxylic acids is 1. The number of phenols is 1. The molecule has 8 nitrogen and oxygen atoms in total. The molecule has 2 bridgehead atoms. The Morgan fingerprint density at radius 1 is 1.10 bits per heavy atom. The van der Waals surface area contributed by atoms with Gasteiger partial charge in [0.25, 0.3) is 0 Å². The molecule has 2 atom stereocenters. The van der Waals surface area contributed by atoms with E-state index in [-0.39, 0.29) is 29.8 Å². The fourth-order valence-corrected chi connectivity index (χ4v) is 5.78. The fourth-order valence-electron chi connectivity index (χ4n) is 5.78. The van der Waals surface area contributed by atoms with Crippen LogP contribution in [0.4, 0.5) is 10.2 Å².